The van der Waals surface area contributed by atoms with Crippen molar-refractivity contribution in [3.05, 3.63) is 71.9 Å². The number of pyridine rings is 1. The molecule has 1 aliphatic rings. The third-order valence-corrected chi connectivity index (χ3v) is 5.74. The number of likely N-dealkylation sites (tertiary alicyclic amines) is 1. The third kappa shape index (κ3) is 5.41. The lowest BCUT2D eigenvalue weighted by Crippen LogP contribution is -2.42. The highest BCUT2D eigenvalue weighted by molar-refractivity contribution is 5.97. The van der Waals surface area contributed by atoms with Gasteiger partial charge >= 0.3 is 0 Å². The molecule has 1 saturated heterocycles. The Morgan fingerprint density at radius 3 is 2.36 bits per heavy atom. The number of benzene rings is 2. The fraction of sp³-hybridized carbons (Fsp3) is 0.240. The van der Waals surface area contributed by atoms with Gasteiger partial charge in [0.05, 0.1) is 12.0 Å². The molecule has 1 aliphatic heterocycles. The molecule has 0 unspecified atom stereocenters. The smallest absolute Gasteiger partial charge is 0.252 e. The van der Waals surface area contributed by atoms with Gasteiger partial charge < -0.3 is 26.2 Å². The minimum absolute atomic E-state index is 0.0402. The molecule has 0 atom stereocenters. The Kier molecular flexibility index (Phi) is 6.44. The van der Waals surface area contributed by atoms with E-state index in [1.54, 1.807) is 48.7 Å². The van der Waals surface area contributed by atoms with Crippen LogP contribution in [0.15, 0.2) is 60.8 Å². The second kappa shape index (κ2) is 9.60. The zero-order valence-electron chi connectivity index (χ0n) is 18.1. The van der Waals surface area contributed by atoms with Crippen molar-refractivity contribution < 1.29 is 19.4 Å². The molecule has 1 fully saturated rings. The summed E-state index contributed by atoms with van der Waals surface area (Å²) in [6.07, 6.45) is 3.12. The van der Waals surface area contributed by atoms with Crippen LogP contribution in [0.2, 0.25) is 0 Å². The van der Waals surface area contributed by atoms with Gasteiger partial charge in [0.2, 0.25) is 5.91 Å². The van der Waals surface area contributed by atoms with E-state index in [-0.39, 0.29) is 17.8 Å². The number of amides is 2. The lowest BCUT2D eigenvalue weighted by atomic mass is 10.0. The number of piperidine rings is 1. The zero-order chi connectivity index (χ0) is 23.4. The molecule has 5 N–H and O–H groups in total. The molecule has 8 nitrogen and oxygen atoms in total. The standard InChI is InChI=1S/C25H26N4O4/c26-23-8-4-18(15-28-23)17-3-7-22(21(14-17)25(27)32)33-20-9-11-29(12-10-20)24(31)13-16-1-5-19(30)6-2-16/h1-8,14-15,20,30H,9-13H2,(H2,26,28)(H2,27,32). The summed E-state index contributed by atoms with van der Waals surface area (Å²) in [5.41, 5.74) is 14.0. The molecule has 8 heteroatoms. The van der Waals surface area contributed by atoms with E-state index >= 15 is 0 Å². The number of ether oxygens (including phenoxy) is 1. The average molecular weight is 447 g/mol. The summed E-state index contributed by atoms with van der Waals surface area (Å²) in [5, 5.41) is 9.38. The van der Waals surface area contributed by atoms with E-state index in [0.717, 1.165) is 16.7 Å². The summed E-state index contributed by atoms with van der Waals surface area (Å²) in [6, 6.07) is 15.5. The van der Waals surface area contributed by atoms with Gasteiger partial charge in [0.15, 0.2) is 0 Å². The zero-order valence-corrected chi connectivity index (χ0v) is 18.1. The number of carbonyl (C=O) groups is 2. The first-order valence-corrected chi connectivity index (χ1v) is 10.8. The maximum absolute atomic E-state index is 12.6. The molecule has 0 spiro atoms. The maximum Gasteiger partial charge on any atom is 0.252 e. The van der Waals surface area contributed by atoms with Crippen molar-refractivity contribution in [2.24, 2.45) is 5.73 Å². The van der Waals surface area contributed by atoms with Crippen LogP contribution in [0.5, 0.6) is 11.5 Å². The Balaban J connectivity index is 1.38. The first kappa shape index (κ1) is 22.1. The van der Waals surface area contributed by atoms with Crippen LogP contribution in [0.3, 0.4) is 0 Å². The first-order chi connectivity index (χ1) is 15.9. The number of nitrogens with zero attached hydrogens (tertiary/aromatic N) is 2. The van der Waals surface area contributed by atoms with E-state index in [0.29, 0.717) is 49.5 Å². The Morgan fingerprint density at radius 1 is 1.03 bits per heavy atom. The minimum atomic E-state index is -0.572. The van der Waals surface area contributed by atoms with Crippen LogP contribution in [-0.4, -0.2) is 46.0 Å². The number of nitrogens with two attached hydrogens (primary N) is 2. The number of aromatic nitrogens is 1. The topological polar surface area (TPSA) is 132 Å². The van der Waals surface area contributed by atoms with E-state index in [9.17, 15) is 14.7 Å². The third-order valence-electron chi connectivity index (χ3n) is 5.74. The number of rotatable bonds is 6. The largest absolute Gasteiger partial charge is 0.508 e. The quantitative estimate of drug-likeness (QED) is 0.533. The van der Waals surface area contributed by atoms with E-state index in [4.69, 9.17) is 16.2 Å². The molecule has 1 aromatic heterocycles. The molecule has 33 heavy (non-hydrogen) atoms. The summed E-state index contributed by atoms with van der Waals surface area (Å²) in [4.78, 5) is 30.6. The van der Waals surface area contributed by atoms with E-state index in [1.807, 2.05) is 17.0 Å². The van der Waals surface area contributed by atoms with Gasteiger partial charge in [-0.1, -0.05) is 18.2 Å². The number of aromatic hydroxyl groups is 1. The highest BCUT2D eigenvalue weighted by Crippen LogP contribution is 2.29. The second-order valence-electron chi connectivity index (χ2n) is 8.09. The minimum Gasteiger partial charge on any atom is -0.508 e. The number of hydrogen-bond donors (Lipinski definition) is 3. The Bertz CT molecular complexity index is 1140. The maximum atomic E-state index is 12.6. The summed E-state index contributed by atoms with van der Waals surface area (Å²) in [6.45, 7) is 1.14. The van der Waals surface area contributed by atoms with E-state index < -0.39 is 5.91 Å². The van der Waals surface area contributed by atoms with E-state index in [1.165, 1.54) is 0 Å². The summed E-state index contributed by atoms with van der Waals surface area (Å²) < 4.78 is 6.12. The SMILES string of the molecule is NC(=O)c1cc(-c2ccc(N)nc2)ccc1OC1CCN(C(=O)Cc2ccc(O)cc2)CC1. The fourth-order valence-corrected chi connectivity index (χ4v) is 3.88. The molecule has 2 heterocycles. The second-order valence-corrected chi connectivity index (χ2v) is 8.09. The van der Waals surface area contributed by atoms with Crippen molar-refractivity contribution in [1.82, 2.24) is 9.88 Å². The number of phenols is 1. The Labute approximate surface area is 191 Å². The molecular weight excluding hydrogens is 420 g/mol. The molecule has 0 saturated carbocycles. The highest BCUT2D eigenvalue weighted by atomic mass is 16.5. The molecule has 0 aliphatic carbocycles. The van der Waals surface area contributed by atoms with Crippen molar-refractivity contribution in [3.8, 4) is 22.6 Å². The Morgan fingerprint density at radius 2 is 1.73 bits per heavy atom. The van der Waals surface area contributed by atoms with Gasteiger partial charge in [0.25, 0.3) is 5.91 Å². The first-order valence-electron chi connectivity index (χ1n) is 10.8. The summed E-state index contributed by atoms with van der Waals surface area (Å²) in [5.74, 6) is 0.498. The molecule has 2 amide bonds. The van der Waals surface area contributed by atoms with Gasteiger partial charge in [-0.3, -0.25) is 9.59 Å². The normalized spacial score (nSPS) is 14.1. The number of anilines is 1. The van der Waals surface area contributed by atoms with Crippen LogP contribution in [0, 0.1) is 0 Å². The van der Waals surface area contributed by atoms with Gasteiger partial charge in [-0.2, -0.15) is 0 Å². The van der Waals surface area contributed by atoms with Gasteiger partial charge in [0.1, 0.15) is 23.4 Å². The van der Waals surface area contributed by atoms with Crippen LogP contribution >= 0.6 is 0 Å². The van der Waals surface area contributed by atoms with Crippen LogP contribution in [0.25, 0.3) is 11.1 Å². The van der Waals surface area contributed by atoms with Gasteiger partial charge in [-0.15, -0.1) is 0 Å². The van der Waals surface area contributed by atoms with Crippen molar-refractivity contribution in [3.63, 3.8) is 0 Å². The van der Waals surface area contributed by atoms with Gasteiger partial charge in [0, 0.05) is 37.7 Å². The highest BCUT2D eigenvalue weighted by Gasteiger charge is 2.25. The summed E-state index contributed by atoms with van der Waals surface area (Å²) >= 11 is 0. The van der Waals surface area contributed by atoms with Gasteiger partial charge in [-0.25, -0.2) is 4.98 Å². The predicted molar refractivity (Wildman–Crippen MR) is 125 cm³/mol. The average Bonchev–Trinajstić information content (AvgIpc) is 2.81. The van der Waals surface area contributed by atoms with Gasteiger partial charge in [-0.05, 0) is 47.5 Å². The number of hydrogen-bond acceptors (Lipinski definition) is 6. The predicted octanol–water partition coefficient (Wildman–Crippen LogP) is 2.75. The van der Waals surface area contributed by atoms with Crippen molar-refractivity contribution in [1.29, 1.82) is 0 Å². The molecule has 0 bridgehead atoms. The molecule has 4 rings (SSSR count). The monoisotopic (exact) mass is 446 g/mol. The molecular formula is C25H26N4O4. The van der Waals surface area contributed by atoms with Crippen molar-refractivity contribution in [2.75, 3.05) is 18.8 Å². The summed E-state index contributed by atoms with van der Waals surface area (Å²) in [7, 11) is 0. The fourth-order valence-electron chi connectivity index (χ4n) is 3.88. The lowest BCUT2D eigenvalue weighted by molar-refractivity contribution is -0.132. The van der Waals surface area contributed by atoms with Crippen LogP contribution in [-0.2, 0) is 11.2 Å². The Hall–Kier alpha value is -4.07. The number of nitrogen functional groups attached to an aromatic ring is 1. The lowest BCUT2D eigenvalue weighted by Gasteiger charge is -2.32. The van der Waals surface area contributed by atoms with Crippen LogP contribution in [0.4, 0.5) is 5.82 Å². The van der Waals surface area contributed by atoms with Crippen LogP contribution < -0.4 is 16.2 Å². The molecule has 0 radical (unpaired) electrons. The number of phenolic OH excluding ortho intramolecular Hbond substituents is 1. The van der Waals surface area contributed by atoms with E-state index in [2.05, 4.69) is 4.98 Å². The number of carbonyl (C=O) groups excluding carboxylic acids is 2. The molecule has 3 aromatic rings. The van der Waals surface area contributed by atoms with Crippen LogP contribution in [0.1, 0.15) is 28.8 Å². The van der Waals surface area contributed by atoms with Crippen molar-refractivity contribution >= 4 is 17.6 Å². The van der Waals surface area contributed by atoms with Crippen molar-refractivity contribution in [2.45, 2.75) is 25.4 Å². The molecule has 170 valence electrons. The molecule has 2 aromatic carbocycles. The number of primary amides is 1.